The highest BCUT2D eigenvalue weighted by Crippen LogP contribution is 2.26. The molecule has 0 amide bonds. The molecule has 6 heteroatoms. The van der Waals surface area contributed by atoms with Crippen LogP contribution in [0.4, 0.5) is 17.1 Å². The first kappa shape index (κ1) is 22.0. The van der Waals surface area contributed by atoms with Gasteiger partial charge < -0.3 is 10.6 Å². The van der Waals surface area contributed by atoms with Gasteiger partial charge in [-0.3, -0.25) is 0 Å². The maximum atomic E-state index is 4.49. The smallest absolute Gasteiger partial charge is 0.253 e. The van der Waals surface area contributed by atoms with Crippen molar-refractivity contribution in [3.63, 3.8) is 0 Å². The number of fused-ring (bicyclic) bond motifs is 1. The molecule has 0 fully saturated rings. The third-order valence-electron chi connectivity index (χ3n) is 6.00. The zero-order valence-corrected chi connectivity index (χ0v) is 19.2. The molecule has 1 heterocycles. The van der Waals surface area contributed by atoms with Gasteiger partial charge in [-0.05, 0) is 55.7 Å². The monoisotopic (exact) mass is 407 g/mol. The van der Waals surface area contributed by atoms with Gasteiger partial charge in [0.1, 0.15) is 0 Å². The molecule has 0 atom stereocenters. The van der Waals surface area contributed by atoms with Gasteiger partial charge in [-0.15, -0.1) is 0 Å². The molecule has 0 aliphatic heterocycles. The van der Waals surface area contributed by atoms with Gasteiger partial charge in [0.05, 0.1) is 25.5 Å². The van der Waals surface area contributed by atoms with Crippen molar-refractivity contribution in [2.45, 2.75) is 46.6 Å². The Morgan fingerprint density at radius 3 is 2.47 bits per heavy atom. The summed E-state index contributed by atoms with van der Waals surface area (Å²) in [5.41, 5.74) is 6.33. The van der Waals surface area contributed by atoms with E-state index in [1.807, 2.05) is 12.1 Å². The van der Waals surface area contributed by atoms with Gasteiger partial charge >= 0.3 is 0 Å². The third-order valence-corrected chi connectivity index (χ3v) is 6.00. The number of hydrogen-bond acceptors (Lipinski definition) is 4. The number of aryl methyl sites for hydroxylation is 3. The summed E-state index contributed by atoms with van der Waals surface area (Å²) >= 11 is 0. The van der Waals surface area contributed by atoms with Crippen LogP contribution in [-0.2, 0) is 14.1 Å². The van der Waals surface area contributed by atoms with Crippen LogP contribution < -0.4 is 15.2 Å². The summed E-state index contributed by atoms with van der Waals surface area (Å²) in [4.78, 5) is 0. The van der Waals surface area contributed by atoms with Crippen LogP contribution in [0.2, 0.25) is 0 Å². The summed E-state index contributed by atoms with van der Waals surface area (Å²) < 4.78 is 4.37. The lowest BCUT2D eigenvalue weighted by Crippen LogP contribution is -2.31. The first-order chi connectivity index (χ1) is 14.4. The summed E-state index contributed by atoms with van der Waals surface area (Å²) in [6.07, 6.45) is 2.34. The van der Waals surface area contributed by atoms with Gasteiger partial charge in [-0.1, -0.05) is 13.8 Å². The summed E-state index contributed by atoms with van der Waals surface area (Å²) in [6, 6.07) is 13.1. The number of nitrogens with one attached hydrogen (secondary N) is 2. The summed E-state index contributed by atoms with van der Waals surface area (Å²) in [5, 5.41) is 16.0. The molecule has 0 saturated heterocycles. The predicted octanol–water partition coefficient (Wildman–Crippen LogP) is 5.23. The normalized spacial score (nSPS) is 11.8. The average molecular weight is 408 g/mol. The molecule has 0 bridgehead atoms. The molecule has 6 nitrogen and oxygen atoms in total. The lowest BCUT2D eigenvalue weighted by Gasteiger charge is -2.15. The van der Waals surface area contributed by atoms with Gasteiger partial charge in [0.15, 0.2) is 11.0 Å². The van der Waals surface area contributed by atoms with E-state index in [9.17, 15) is 0 Å². The van der Waals surface area contributed by atoms with Gasteiger partial charge in [-0.2, -0.15) is 10.2 Å². The Balaban J connectivity index is 1.65. The lowest BCUT2D eigenvalue weighted by molar-refractivity contribution is -0.652. The van der Waals surface area contributed by atoms with Crippen molar-refractivity contribution in [1.82, 2.24) is 9.88 Å². The molecule has 0 aliphatic carbocycles. The minimum Gasteiger partial charge on any atom is -0.384 e. The molecule has 1 aromatic heterocycles. The molecule has 0 aliphatic rings. The zero-order valence-electron chi connectivity index (χ0n) is 19.2. The first-order valence-corrected chi connectivity index (χ1v) is 10.9. The largest absolute Gasteiger partial charge is 0.384 e. The Morgan fingerprint density at radius 1 is 1.00 bits per heavy atom. The molecule has 3 rings (SSSR count). The average Bonchev–Trinajstić information content (AvgIpc) is 2.97. The number of nitrogens with zero attached hydrogens (tertiary/aromatic N) is 4. The Bertz CT molecular complexity index is 1030. The second kappa shape index (κ2) is 9.85. The Kier molecular flexibility index (Phi) is 7.21. The number of hydrogen-bond donors (Lipinski definition) is 2. The van der Waals surface area contributed by atoms with Crippen LogP contribution >= 0.6 is 0 Å². The Labute approximate surface area is 180 Å². The van der Waals surface area contributed by atoms with Crippen LogP contribution in [0, 0.1) is 13.8 Å². The minimum atomic E-state index is 0.609. The van der Waals surface area contributed by atoms with Crippen LogP contribution in [0.5, 0.6) is 0 Å². The van der Waals surface area contributed by atoms with Crippen LogP contribution in [0.25, 0.3) is 11.0 Å². The van der Waals surface area contributed by atoms with Crippen molar-refractivity contribution in [2.75, 3.05) is 18.4 Å². The Morgan fingerprint density at radius 2 is 1.77 bits per heavy atom. The molecule has 3 aromatic rings. The quantitative estimate of drug-likeness (QED) is 0.290. The summed E-state index contributed by atoms with van der Waals surface area (Å²) in [7, 11) is 4.16. The maximum absolute atomic E-state index is 4.49. The number of anilines is 1. The van der Waals surface area contributed by atoms with E-state index < -0.39 is 0 Å². The van der Waals surface area contributed by atoms with Gasteiger partial charge in [0.25, 0.3) is 5.82 Å². The van der Waals surface area contributed by atoms with E-state index in [1.54, 1.807) is 0 Å². The van der Waals surface area contributed by atoms with Crippen molar-refractivity contribution >= 4 is 28.1 Å². The molecular formula is C24H35N6+. The molecular weight excluding hydrogens is 372 g/mol. The highest BCUT2D eigenvalue weighted by Gasteiger charge is 2.16. The topological polar surface area (TPSA) is 57.6 Å². The zero-order chi connectivity index (χ0) is 21.7. The number of imidazole rings is 1. The molecule has 160 valence electrons. The number of azo groups is 1. The van der Waals surface area contributed by atoms with E-state index in [4.69, 9.17) is 0 Å². The second-order valence-corrected chi connectivity index (χ2v) is 7.93. The van der Waals surface area contributed by atoms with Crippen molar-refractivity contribution in [3.8, 4) is 0 Å². The molecule has 0 unspecified atom stereocenters. The van der Waals surface area contributed by atoms with Crippen LogP contribution in [0.1, 0.15) is 38.1 Å². The number of aromatic nitrogens is 2. The molecule has 2 aromatic carbocycles. The van der Waals surface area contributed by atoms with Crippen molar-refractivity contribution in [3.05, 3.63) is 47.8 Å². The number of rotatable bonds is 9. The van der Waals surface area contributed by atoms with Crippen molar-refractivity contribution < 1.29 is 4.57 Å². The van der Waals surface area contributed by atoms with Crippen molar-refractivity contribution in [2.24, 2.45) is 24.3 Å². The fourth-order valence-electron chi connectivity index (χ4n) is 3.75. The highest BCUT2D eigenvalue weighted by atomic mass is 15.1. The van der Waals surface area contributed by atoms with Crippen LogP contribution in [0.15, 0.2) is 46.6 Å². The van der Waals surface area contributed by atoms with Gasteiger partial charge in [0, 0.05) is 37.8 Å². The molecule has 0 spiro atoms. The van der Waals surface area contributed by atoms with E-state index >= 15 is 0 Å². The van der Waals surface area contributed by atoms with Gasteiger partial charge in [-0.25, -0.2) is 9.13 Å². The number of benzene rings is 2. The van der Waals surface area contributed by atoms with E-state index in [2.05, 4.69) is 96.1 Å². The van der Waals surface area contributed by atoms with E-state index in [1.165, 1.54) is 24.2 Å². The predicted molar refractivity (Wildman–Crippen MR) is 125 cm³/mol. The Hall–Kier alpha value is -2.73. The standard InChI is InChI=1S/C24H35N6/c1-7-19(8-2)25-13-14-26-20-9-11-22(17(3)15-20)28-27-21-10-12-23-24(16-21)30(6)18(4)29(23)5/h9-12,15-16,19,25-26H,7-8,13-14H2,1-6H3/q+1. The van der Waals surface area contributed by atoms with Crippen LogP contribution in [-0.4, -0.2) is 23.7 Å². The summed E-state index contributed by atoms with van der Waals surface area (Å²) in [6.45, 7) is 10.5. The molecule has 0 saturated carbocycles. The van der Waals surface area contributed by atoms with E-state index in [-0.39, 0.29) is 0 Å². The van der Waals surface area contributed by atoms with Crippen LogP contribution in [0.3, 0.4) is 0 Å². The molecule has 30 heavy (non-hydrogen) atoms. The molecule has 0 radical (unpaired) electrons. The lowest BCUT2D eigenvalue weighted by atomic mass is 10.1. The third kappa shape index (κ3) is 4.87. The van der Waals surface area contributed by atoms with E-state index in [0.29, 0.717) is 6.04 Å². The minimum absolute atomic E-state index is 0.609. The SMILES string of the molecule is CCC(CC)NCCNc1ccc(N=Nc2ccc3c(c2)n(C)c(C)[n+]3C)c(C)c1. The summed E-state index contributed by atoms with van der Waals surface area (Å²) in [5.74, 6) is 1.20. The maximum Gasteiger partial charge on any atom is 0.253 e. The first-order valence-electron chi connectivity index (χ1n) is 10.9. The fraction of sp³-hybridized carbons (Fsp3) is 0.458. The van der Waals surface area contributed by atoms with Gasteiger partial charge in [0.2, 0.25) is 0 Å². The highest BCUT2D eigenvalue weighted by molar-refractivity contribution is 5.76. The van der Waals surface area contributed by atoms with Crippen molar-refractivity contribution in [1.29, 1.82) is 0 Å². The van der Waals surface area contributed by atoms with E-state index in [0.717, 1.165) is 41.2 Å². The second-order valence-electron chi connectivity index (χ2n) is 7.93. The molecule has 2 N–H and O–H groups in total. The fourth-order valence-corrected chi connectivity index (χ4v) is 3.75.